The van der Waals surface area contributed by atoms with E-state index in [4.69, 9.17) is 12.2 Å². The van der Waals surface area contributed by atoms with Gasteiger partial charge >= 0.3 is 0 Å². The number of pyridine rings is 1. The van der Waals surface area contributed by atoms with Crippen LogP contribution in [0.25, 0.3) is 5.69 Å². The van der Waals surface area contributed by atoms with E-state index in [2.05, 4.69) is 26.6 Å². The molecule has 4 aromatic rings. The third-order valence-corrected chi connectivity index (χ3v) is 7.57. The molecule has 3 heterocycles. The average molecular weight is 542 g/mol. The Balaban J connectivity index is 1.63. The lowest BCUT2D eigenvalue weighted by Crippen LogP contribution is -2.29. The van der Waals surface area contributed by atoms with E-state index in [1.54, 1.807) is 18.3 Å². The molecule has 0 saturated carbocycles. The number of carbonyl (C=O) groups is 1. The average Bonchev–Trinajstić information content (AvgIpc) is 3.41. The van der Waals surface area contributed by atoms with Crippen molar-refractivity contribution in [2.45, 2.75) is 46.7 Å². The fourth-order valence-electron chi connectivity index (χ4n) is 5.25. The Hall–Kier alpha value is -4.04. The number of hydrogen-bond donors (Lipinski definition) is 2. The van der Waals surface area contributed by atoms with E-state index in [1.807, 2.05) is 81.7 Å². The molecule has 0 bridgehead atoms. The summed E-state index contributed by atoms with van der Waals surface area (Å²) in [5.41, 5.74) is 6.84. The van der Waals surface area contributed by atoms with Gasteiger partial charge in [0.15, 0.2) is 5.11 Å². The minimum Gasteiger partial charge on any atom is -0.351 e. The van der Waals surface area contributed by atoms with Gasteiger partial charge in [0.2, 0.25) is 5.91 Å². The van der Waals surface area contributed by atoms with Crippen LogP contribution in [-0.4, -0.2) is 20.6 Å². The molecule has 6 nitrogen and oxygen atoms in total. The maximum Gasteiger partial charge on any atom is 0.226 e. The number of thiocarbonyl (C=S) groups is 1. The van der Waals surface area contributed by atoms with Gasteiger partial charge in [0, 0.05) is 34.9 Å². The fourth-order valence-corrected chi connectivity index (χ4v) is 5.60. The van der Waals surface area contributed by atoms with E-state index in [0.717, 1.165) is 39.6 Å². The third-order valence-electron chi connectivity index (χ3n) is 7.25. The molecule has 39 heavy (non-hydrogen) atoms. The molecule has 1 saturated heterocycles. The number of benzene rings is 2. The third kappa shape index (κ3) is 4.92. The van der Waals surface area contributed by atoms with Crippen LogP contribution in [0.2, 0.25) is 0 Å². The molecule has 2 aromatic carbocycles. The first-order chi connectivity index (χ1) is 18.7. The molecule has 0 radical (unpaired) electrons. The largest absolute Gasteiger partial charge is 0.351 e. The van der Waals surface area contributed by atoms with Gasteiger partial charge in [-0.2, -0.15) is 0 Å². The molecular formula is C31H32FN5OS. The summed E-state index contributed by atoms with van der Waals surface area (Å²) in [5.74, 6) is -0.427. The van der Waals surface area contributed by atoms with E-state index >= 15 is 0 Å². The number of aromatic nitrogens is 2. The van der Waals surface area contributed by atoms with Crippen LogP contribution < -0.4 is 15.5 Å². The number of anilines is 2. The van der Waals surface area contributed by atoms with Gasteiger partial charge < -0.3 is 20.1 Å². The predicted octanol–water partition coefficient (Wildman–Crippen LogP) is 6.71. The molecule has 1 amide bonds. The zero-order chi connectivity index (χ0) is 27.8. The highest BCUT2D eigenvalue weighted by Gasteiger charge is 2.42. The van der Waals surface area contributed by atoms with Crippen LogP contribution >= 0.6 is 12.2 Å². The van der Waals surface area contributed by atoms with Crippen LogP contribution in [0.1, 0.15) is 54.1 Å². The predicted molar refractivity (Wildman–Crippen MR) is 158 cm³/mol. The van der Waals surface area contributed by atoms with Crippen molar-refractivity contribution in [2.75, 3.05) is 10.2 Å². The molecule has 1 aliphatic heterocycles. The maximum atomic E-state index is 14.9. The second-order valence-electron chi connectivity index (χ2n) is 10.3. The molecule has 2 atom stereocenters. The van der Waals surface area contributed by atoms with E-state index in [9.17, 15) is 9.18 Å². The monoisotopic (exact) mass is 541 g/mol. The van der Waals surface area contributed by atoms with Crippen molar-refractivity contribution in [3.63, 3.8) is 0 Å². The van der Waals surface area contributed by atoms with Crippen LogP contribution in [0.3, 0.4) is 0 Å². The fraction of sp³-hybridized carbons (Fsp3) is 0.258. The number of halogens is 1. The summed E-state index contributed by atoms with van der Waals surface area (Å²) in [5, 5.41) is 7.08. The zero-order valence-electron chi connectivity index (χ0n) is 22.7. The Morgan fingerprint density at radius 2 is 1.79 bits per heavy atom. The summed E-state index contributed by atoms with van der Waals surface area (Å²) < 4.78 is 16.8. The van der Waals surface area contributed by atoms with Gasteiger partial charge in [-0.3, -0.25) is 9.78 Å². The van der Waals surface area contributed by atoms with Gasteiger partial charge in [-0.1, -0.05) is 32.0 Å². The SMILES string of the molecule is Cc1cc(N2C(=S)N[C@H](c3ccccn3)[C@@H]2c2cc(C)n(-c3ccccc3F)c2C)ccc1NC(=O)C(C)C. The lowest BCUT2D eigenvalue weighted by Gasteiger charge is -2.29. The second kappa shape index (κ2) is 10.6. The molecule has 1 aliphatic rings. The summed E-state index contributed by atoms with van der Waals surface area (Å²) in [6, 6.07) is 20.2. The van der Waals surface area contributed by atoms with Gasteiger partial charge in [0.1, 0.15) is 5.82 Å². The Labute approximate surface area is 233 Å². The van der Waals surface area contributed by atoms with E-state index < -0.39 is 0 Å². The Morgan fingerprint density at radius 3 is 2.46 bits per heavy atom. The van der Waals surface area contributed by atoms with Crippen LogP contribution in [0.4, 0.5) is 15.8 Å². The number of nitrogens with one attached hydrogen (secondary N) is 2. The molecule has 2 aromatic heterocycles. The lowest BCUT2D eigenvalue weighted by molar-refractivity contribution is -0.118. The summed E-state index contributed by atoms with van der Waals surface area (Å²) in [6.07, 6.45) is 1.78. The molecule has 200 valence electrons. The van der Waals surface area contributed by atoms with Crippen LogP contribution in [0.15, 0.2) is 72.9 Å². The highest BCUT2D eigenvalue weighted by Crippen LogP contribution is 2.44. The topological polar surface area (TPSA) is 62.2 Å². The van der Waals surface area contributed by atoms with Crippen molar-refractivity contribution in [3.05, 3.63) is 107 Å². The number of amides is 1. The number of rotatable bonds is 6. The molecule has 0 spiro atoms. The van der Waals surface area contributed by atoms with Crippen molar-refractivity contribution in [2.24, 2.45) is 5.92 Å². The first-order valence-electron chi connectivity index (χ1n) is 13.0. The van der Waals surface area contributed by atoms with Crippen LogP contribution in [0, 0.1) is 32.5 Å². The summed E-state index contributed by atoms with van der Waals surface area (Å²) in [4.78, 5) is 19.1. The quantitative estimate of drug-likeness (QED) is 0.266. The lowest BCUT2D eigenvalue weighted by atomic mass is 9.96. The van der Waals surface area contributed by atoms with Gasteiger partial charge in [-0.25, -0.2) is 4.39 Å². The zero-order valence-corrected chi connectivity index (χ0v) is 23.5. The van der Waals surface area contributed by atoms with E-state index in [-0.39, 0.29) is 29.7 Å². The van der Waals surface area contributed by atoms with Crippen molar-refractivity contribution >= 4 is 34.6 Å². The number of para-hydroxylation sites is 1. The van der Waals surface area contributed by atoms with E-state index in [1.165, 1.54) is 6.07 Å². The van der Waals surface area contributed by atoms with Gasteiger partial charge in [0.25, 0.3) is 0 Å². The summed E-state index contributed by atoms with van der Waals surface area (Å²) >= 11 is 5.90. The molecule has 0 aliphatic carbocycles. The number of hydrogen-bond acceptors (Lipinski definition) is 3. The Kier molecular flexibility index (Phi) is 7.23. The van der Waals surface area contributed by atoms with Crippen molar-refractivity contribution in [1.29, 1.82) is 0 Å². The van der Waals surface area contributed by atoms with Crippen molar-refractivity contribution in [1.82, 2.24) is 14.9 Å². The van der Waals surface area contributed by atoms with Crippen LogP contribution in [-0.2, 0) is 4.79 Å². The number of aryl methyl sites for hydroxylation is 2. The minimum atomic E-state index is -0.279. The standard InChI is InChI=1S/C31H32FN5OS/c1-18(2)30(38)34-25-14-13-22(16-19(25)3)37-29(28(35-31(37)39)26-11-8-9-15-33-26)23-17-20(4)36(21(23)5)27-12-7-6-10-24(27)32/h6-18,28-29H,1-5H3,(H,34,38)(H,35,39)/t28-,29+/m1/s1. The smallest absolute Gasteiger partial charge is 0.226 e. The molecule has 1 fully saturated rings. The number of nitrogens with zero attached hydrogens (tertiary/aromatic N) is 3. The Morgan fingerprint density at radius 1 is 1.05 bits per heavy atom. The normalized spacial score (nSPS) is 17.0. The second-order valence-corrected chi connectivity index (χ2v) is 10.6. The highest BCUT2D eigenvalue weighted by molar-refractivity contribution is 7.80. The van der Waals surface area contributed by atoms with Crippen LogP contribution in [0.5, 0.6) is 0 Å². The van der Waals surface area contributed by atoms with Gasteiger partial charge in [-0.05, 0) is 92.6 Å². The number of carbonyl (C=O) groups excluding carboxylic acids is 1. The first kappa shape index (κ1) is 26.6. The summed E-state index contributed by atoms with van der Waals surface area (Å²) in [7, 11) is 0. The van der Waals surface area contributed by atoms with Crippen molar-refractivity contribution < 1.29 is 9.18 Å². The first-order valence-corrected chi connectivity index (χ1v) is 13.4. The van der Waals surface area contributed by atoms with Gasteiger partial charge in [0.05, 0.1) is 23.5 Å². The Bertz CT molecular complexity index is 1550. The molecule has 2 N–H and O–H groups in total. The van der Waals surface area contributed by atoms with Crippen molar-refractivity contribution in [3.8, 4) is 5.69 Å². The minimum absolute atomic E-state index is 0.0297. The molecular weight excluding hydrogens is 509 g/mol. The summed E-state index contributed by atoms with van der Waals surface area (Å²) in [6.45, 7) is 9.71. The van der Waals surface area contributed by atoms with E-state index in [0.29, 0.717) is 10.8 Å². The van der Waals surface area contributed by atoms with Gasteiger partial charge in [-0.15, -0.1) is 0 Å². The molecule has 5 rings (SSSR count). The highest BCUT2D eigenvalue weighted by atomic mass is 32.1. The molecule has 0 unspecified atom stereocenters. The molecule has 8 heteroatoms. The maximum absolute atomic E-state index is 14.9.